The molecule has 160 valence electrons. The number of aliphatic carboxylic acids is 1. The molecule has 0 radical (unpaired) electrons. The number of rotatable bonds is 6. The summed E-state index contributed by atoms with van der Waals surface area (Å²) < 4.78 is 5.42. The zero-order valence-corrected chi connectivity index (χ0v) is 19.0. The molecule has 1 aliphatic heterocycles. The number of carbonyl (C=O) groups is 2. The van der Waals surface area contributed by atoms with Crippen molar-refractivity contribution in [2.24, 2.45) is 4.99 Å². The summed E-state index contributed by atoms with van der Waals surface area (Å²) in [6, 6.07) is 9.45. The SMILES string of the molecule is CC(C)(C)OC(=O)N[C@@H](Cc1ccccc1)c1nc(C2=N[C@](C)(C(=O)O)CS2)cs1. The average Bonchev–Trinajstić information content (AvgIpc) is 3.28. The normalized spacial score (nSPS) is 19.8. The number of thiazole rings is 1. The molecule has 9 heteroatoms. The fourth-order valence-electron chi connectivity index (χ4n) is 2.78. The van der Waals surface area contributed by atoms with Crippen molar-refractivity contribution in [2.45, 2.75) is 51.3 Å². The first-order valence-corrected chi connectivity index (χ1v) is 11.4. The van der Waals surface area contributed by atoms with Gasteiger partial charge in [-0.3, -0.25) is 4.99 Å². The number of carbonyl (C=O) groups excluding carboxylic acids is 1. The first-order valence-electron chi connectivity index (χ1n) is 9.51. The van der Waals surface area contributed by atoms with Crippen LogP contribution in [0.25, 0.3) is 0 Å². The summed E-state index contributed by atoms with van der Waals surface area (Å²) in [5.74, 6) is -0.581. The Balaban J connectivity index is 1.83. The van der Waals surface area contributed by atoms with Gasteiger partial charge in [0.25, 0.3) is 0 Å². The highest BCUT2D eigenvalue weighted by Crippen LogP contribution is 2.33. The van der Waals surface area contributed by atoms with Crippen molar-refractivity contribution >= 4 is 40.2 Å². The Morgan fingerprint density at radius 3 is 2.60 bits per heavy atom. The van der Waals surface area contributed by atoms with Crippen LogP contribution in [0.5, 0.6) is 0 Å². The molecule has 2 atom stereocenters. The van der Waals surface area contributed by atoms with E-state index in [4.69, 9.17) is 4.74 Å². The summed E-state index contributed by atoms with van der Waals surface area (Å²) in [5, 5.41) is 15.5. The van der Waals surface area contributed by atoms with E-state index in [1.807, 2.05) is 56.5 Å². The Morgan fingerprint density at radius 1 is 1.30 bits per heavy atom. The van der Waals surface area contributed by atoms with E-state index in [9.17, 15) is 14.7 Å². The zero-order chi connectivity index (χ0) is 21.9. The third-order valence-electron chi connectivity index (χ3n) is 4.31. The molecule has 1 aromatic carbocycles. The molecule has 2 N–H and O–H groups in total. The van der Waals surface area contributed by atoms with Gasteiger partial charge < -0.3 is 15.2 Å². The molecule has 0 fully saturated rings. The average molecular weight is 448 g/mol. The number of aliphatic imine (C=N–C) groups is 1. The second kappa shape index (κ2) is 8.77. The van der Waals surface area contributed by atoms with Crippen molar-refractivity contribution in [1.82, 2.24) is 10.3 Å². The lowest BCUT2D eigenvalue weighted by Gasteiger charge is -2.23. The number of thioether (sulfide) groups is 1. The molecule has 1 amide bonds. The Morgan fingerprint density at radius 2 is 2.00 bits per heavy atom. The largest absolute Gasteiger partial charge is 0.479 e. The van der Waals surface area contributed by atoms with Gasteiger partial charge in [-0.25, -0.2) is 14.6 Å². The van der Waals surface area contributed by atoms with E-state index in [0.29, 0.717) is 27.9 Å². The number of hydrogen-bond acceptors (Lipinski definition) is 7. The molecular formula is C21H25N3O4S2. The van der Waals surface area contributed by atoms with Gasteiger partial charge in [0.15, 0.2) is 5.54 Å². The minimum absolute atomic E-state index is 0.369. The van der Waals surface area contributed by atoms with Crippen LogP contribution in [-0.4, -0.2) is 44.1 Å². The standard InChI is InChI=1S/C21H25N3O4S2/c1-20(2,3)28-19(27)23-14(10-13-8-6-5-7-9-13)16-22-15(11-29-16)17-24-21(4,12-30-17)18(25)26/h5-9,11,14H,10,12H2,1-4H3,(H,23,27)(H,25,26)/t14-,21-/m0/s1. The topological polar surface area (TPSA) is 101 Å². The van der Waals surface area contributed by atoms with Crippen LogP contribution in [0.15, 0.2) is 40.7 Å². The second-order valence-electron chi connectivity index (χ2n) is 8.24. The van der Waals surface area contributed by atoms with Crippen molar-refractivity contribution < 1.29 is 19.4 Å². The van der Waals surface area contributed by atoms with Gasteiger partial charge in [-0.05, 0) is 39.7 Å². The van der Waals surface area contributed by atoms with E-state index in [1.54, 1.807) is 6.92 Å². The Hall–Kier alpha value is -2.39. The lowest BCUT2D eigenvalue weighted by molar-refractivity contribution is -0.141. The lowest BCUT2D eigenvalue weighted by Crippen LogP contribution is -2.35. The van der Waals surface area contributed by atoms with E-state index in [0.717, 1.165) is 5.56 Å². The Kier molecular flexibility index (Phi) is 6.52. The molecule has 7 nitrogen and oxygen atoms in total. The van der Waals surface area contributed by atoms with Crippen molar-refractivity contribution in [2.75, 3.05) is 5.75 Å². The summed E-state index contributed by atoms with van der Waals surface area (Å²) in [6.07, 6.45) is 0.0469. The number of hydrogen-bond donors (Lipinski definition) is 2. The molecule has 0 aliphatic carbocycles. The number of aromatic nitrogens is 1. The number of nitrogens with zero attached hydrogens (tertiary/aromatic N) is 2. The Bertz CT molecular complexity index is 953. The van der Waals surface area contributed by atoms with Crippen molar-refractivity contribution in [3.05, 3.63) is 52.0 Å². The van der Waals surface area contributed by atoms with Crippen LogP contribution in [0.2, 0.25) is 0 Å². The van der Waals surface area contributed by atoms with E-state index >= 15 is 0 Å². The molecule has 1 aliphatic rings. The van der Waals surface area contributed by atoms with Crippen LogP contribution >= 0.6 is 23.1 Å². The number of carboxylic acids is 1. The molecule has 0 unspecified atom stereocenters. The van der Waals surface area contributed by atoms with Gasteiger partial charge in [-0.15, -0.1) is 23.1 Å². The van der Waals surface area contributed by atoms with Crippen LogP contribution in [0.4, 0.5) is 4.79 Å². The third kappa shape index (κ3) is 5.60. The fourth-order valence-corrected chi connectivity index (χ4v) is 4.84. The van der Waals surface area contributed by atoms with Crippen LogP contribution in [-0.2, 0) is 16.0 Å². The smallest absolute Gasteiger partial charge is 0.408 e. The highest BCUT2D eigenvalue weighted by Gasteiger charge is 2.39. The van der Waals surface area contributed by atoms with Gasteiger partial charge in [0.2, 0.25) is 0 Å². The Labute approximate surface area is 184 Å². The maximum Gasteiger partial charge on any atom is 0.408 e. The lowest BCUT2D eigenvalue weighted by atomic mass is 10.1. The van der Waals surface area contributed by atoms with Crippen LogP contribution in [0, 0.1) is 0 Å². The van der Waals surface area contributed by atoms with Crippen molar-refractivity contribution in [1.29, 1.82) is 0 Å². The number of nitrogens with one attached hydrogen (secondary N) is 1. The molecule has 0 saturated heterocycles. The molecule has 0 spiro atoms. The highest BCUT2D eigenvalue weighted by atomic mass is 32.2. The molecule has 2 heterocycles. The first kappa shape index (κ1) is 22.3. The minimum Gasteiger partial charge on any atom is -0.479 e. The number of carboxylic acid groups (broad SMARTS) is 1. The summed E-state index contributed by atoms with van der Waals surface area (Å²) in [7, 11) is 0. The maximum absolute atomic E-state index is 12.4. The second-order valence-corrected chi connectivity index (χ2v) is 10.1. The van der Waals surface area contributed by atoms with Crippen molar-refractivity contribution in [3.63, 3.8) is 0 Å². The van der Waals surface area contributed by atoms with Gasteiger partial charge >= 0.3 is 12.1 Å². The molecular weight excluding hydrogens is 422 g/mol. The first-order chi connectivity index (χ1) is 14.1. The predicted octanol–water partition coefficient (Wildman–Crippen LogP) is 4.29. The summed E-state index contributed by atoms with van der Waals surface area (Å²) >= 11 is 2.79. The molecule has 3 rings (SSSR count). The predicted molar refractivity (Wildman–Crippen MR) is 119 cm³/mol. The maximum atomic E-state index is 12.4. The van der Waals surface area contributed by atoms with Gasteiger partial charge in [0.1, 0.15) is 21.3 Å². The van der Waals surface area contributed by atoms with Gasteiger partial charge in [0.05, 0.1) is 6.04 Å². The van der Waals surface area contributed by atoms with Gasteiger partial charge in [-0.1, -0.05) is 30.3 Å². The zero-order valence-electron chi connectivity index (χ0n) is 17.3. The minimum atomic E-state index is -1.14. The number of alkyl carbamates (subject to hydrolysis) is 1. The molecule has 0 bridgehead atoms. The molecule has 30 heavy (non-hydrogen) atoms. The van der Waals surface area contributed by atoms with Crippen LogP contribution in [0.3, 0.4) is 0 Å². The van der Waals surface area contributed by atoms with Gasteiger partial charge in [0, 0.05) is 11.1 Å². The van der Waals surface area contributed by atoms with E-state index in [-0.39, 0.29) is 6.04 Å². The third-order valence-corrected chi connectivity index (χ3v) is 6.55. The van der Waals surface area contributed by atoms with E-state index in [2.05, 4.69) is 15.3 Å². The summed E-state index contributed by atoms with van der Waals surface area (Å²) in [5.41, 5.74) is -0.0520. The highest BCUT2D eigenvalue weighted by molar-refractivity contribution is 8.14. The van der Waals surface area contributed by atoms with E-state index < -0.39 is 23.2 Å². The van der Waals surface area contributed by atoms with E-state index in [1.165, 1.54) is 23.1 Å². The molecule has 1 aromatic heterocycles. The monoisotopic (exact) mass is 447 g/mol. The fraction of sp³-hybridized carbons (Fsp3) is 0.429. The quantitative estimate of drug-likeness (QED) is 0.685. The van der Waals surface area contributed by atoms with Crippen LogP contribution < -0.4 is 5.32 Å². The summed E-state index contributed by atoms with van der Waals surface area (Å²) in [6.45, 7) is 7.05. The number of benzene rings is 1. The molecule has 0 saturated carbocycles. The van der Waals surface area contributed by atoms with Crippen molar-refractivity contribution in [3.8, 4) is 0 Å². The summed E-state index contributed by atoms with van der Waals surface area (Å²) in [4.78, 5) is 32.9. The van der Waals surface area contributed by atoms with Gasteiger partial charge in [-0.2, -0.15) is 0 Å². The number of ether oxygens (including phenoxy) is 1. The number of amides is 1. The molecule has 2 aromatic rings. The van der Waals surface area contributed by atoms with Crippen LogP contribution in [0.1, 0.15) is 50.0 Å².